The quantitative estimate of drug-likeness (QED) is 0.658. The van der Waals surface area contributed by atoms with Gasteiger partial charge in [-0.05, 0) is 48.0 Å². The Balaban J connectivity index is 1.44. The highest BCUT2D eigenvalue weighted by molar-refractivity contribution is 5.14. The molecule has 2 aliphatic rings. The smallest absolute Gasteiger partial charge is 0.0689 e. The standard InChI is InChI=1S/C23H37NO3/c1-22(2)19-9-11-23(22,3)21(15-19)27-14-10-20(26)17-24(12-13-25)16-18-7-5-4-6-8-18/h4-8,19-21,25-26H,9-17H2,1-3H3/t19-,20+,21-,23+/m1/s1. The van der Waals surface area contributed by atoms with Crippen molar-refractivity contribution in [2.75, 3.05) is 26.3 Å². The lowest BCUT2D eigenvalue weighted by Gasteiger charge is -2.39. The van der Waals surface area contributed by atoms with Crippen molar-refractivity contribution in [2.45, 2.75) is 65.2 Å². The molecular formula is C23H37NO3. The van der Waals surface area contributed by atoms with E-state index in [0.29, 0.717) is 37.6 Å². The molecule has 0 amide bonds. The van der Waals surface area contributed by atoms with Crippen molar-refractivity contribution >= 4 is 0 Å². The summed E-state index contributed by atoms with van der Waals surface area (Å²) in [5, 5.41) is 19.8. The number of aliphatic hydroxyl groups is 2. The van der Waals surface area contributed by atoms with Crippen LogP contribution in [0.4, 0.5) is 0 Å². The molecule has 4 atom stereocenters. The summed E-state index contributed by atoms with van der Waals surface area (Å²) in [6, 6.07) is 10.2. The molecule has 0 aliphatic heterocycles. The van der Waals surface area contributed by atoms with Gasteiger partial charge in [-0.25, -0.2) is 0 Å². The summed E-state index contributed by atoms with van der Waals surface area (Å²) in [6.45, 7) is 9.80. The van der Waals surface area contributed by atoms with E-state index in [2.05, 4.69) is 37.8 Å². The van der Waals surface area contributed by atoms with Crippen LogP contribution >= 0.6 is 0 Å². The third-order valence-corrected chi connectivity index (χ3v) is 7.62. The fourth-order valence-electron chi connectivity index (χ4n) is 5.34. The van der Waals surface area contributed by atoms with Gasteiger partial charge in [0.05, 0.1) is 18.8 Å². The summed E-state index contributed by atoms with van der Waals surface area (Å²) < 4.78 is 6.28. The molecule has 1 aromatic rings. The SMILES string of the molecule is CC1(C)[C@@H]2CC[C@@]1(C)[C@H](OCC[C@H](O)CN(CCO)Cc1ccccc1)C2. The van der Waals surface area contributed by atoms with Gasteiger partial charge >= 0.3 is 0 Å². The van der Waals surface area contributed by atoms with Crippen LogP contribution in [0.25, 0.3) is 0 Å². The topological polar surface area (TPSA) is 52.9 Å². The molecule has 1 aromatic carbocycles. The van der Waals surface area contributed by atoms with Gasteiger partial charge in [-0.2, -0.15) is 0 Å². The van der Waals surface area contributed by atoms with Gasteiger partial charge in [0.2, 0.25) is 0 Å². The number of ether oxygens (including phenoxy) is 1. The predicted octanol–water partition coefficient (Wildman–Crippen LogP) is 3.46. The average Bonchev–Trinajstić information content (AvgIpc) is 2.96. The second-order valence-electron chi connectivity index (χ2n) is 9.36. The van der Waals surface area contributed by atoms with Crippen molar-refractivity contribution in [3.63, 3.8) is 0 Å². The molecule has 4 nitrogen and oxygen atoms in total. The lowest BCUT2D eigenvalue weighted by Crippen LogP contribution is -2.38. The maximum Gasteiger partial charge on any atom is 0.0689 e. The molecule has 2 saturated carbocycles. The van der Waals surface area contributed by atoms with Crippen molar-refractivity contribution in [1.82, 2.24) is 4.90 Å². The summed E-state index contributed by atoms with van der Waals surface area (Å²) in [7, 11) is 0. The lowest BCUT2D eigenvalue weighted by atomic mass is 9.70. The Morgan fingerprint density at radius 1 is 1.22 bits per heavy atom. The maximum absolute atomic E-state index is 10.5. The van der Waals surface area contributed by atoms with Crippen LogP contribution in [0.2, 0.25) is 0 Å². The van der Waals surface area contributed by atoms with Crippen LogP contribution < -0.4 is 0 Å². The Morgan fingerprint density at radius 2 is 1.96 bits per heavy atom. The fraction of sp³-hybridized carbons (Fsp3) is 0.739. The molecular weight excluding hydrogens is 338 g/mol. The molecule has 4 heteroatoms. The van der Waals surface area contributed by atoms with Crippen LogP contribution in [0.3, 0.4) is 0 Å². The van der Waals surface area contributed by atoms with Crippen molar-refractivity contribution < 1.29 is 14.9 Å². The van der Waals surface area contributed by atoms with Crippen molar-refractivity contribution in [3.05, 3.63) is 35.9 Å². The molecule has 0 unspecified atom stereocenters. The van der Waals surface area contributed by atoms with Crippen LogP contribution in [-0.2, 0) is 11.3 Å². The fourth-order valence-corrected chi connectivity index (χ4v) is 5.34. The van der Waals surface area contributed by atoms with Crippen molar-refractivity contribution in [1.29, 1.82) is 0 Å². The van der Waals surface area contributed by atoms with Crippen molar-refractivity contribution in [2.24, 2.45) is 16.7 Å². The number of hydrogen-bond donors (Lipinski definition) is 2. The maximum atomic E-state index is 10.5. The van der Waals surface area contributed by atoms with E-state index >= 15 is 0 Å². The number of rotatable bonds is 10. The van der Waals surface area contributed by atoms with Gasteiger partial charge in [-0.15, -0.1) is 0 Å². The molecule has 0 heterocycles. The van der Waals surface area contributed by atoms with Gasteiger partial charge < -0.3 is 14.9 Å². The first-order valence-corrected chi connectivity index (χ1v) is 10.5. The molecule has 27 heavy (non-hydrogen) atoms. The largest absolute Gasteiger partial charge is 0.395 e. The van der Waals surface area contributed by atoms with Crippen LogP contribution in [0.1, 0.15) is 52.0 Å². The van der Waals surface area contributed by atoms with Gasteiger partial charge in [-0.1, -0.05) is 51.1 Å². The highest BCUT2D eigenvalue weighted by atomic mass is 16.5. The second-order valence-corrected chi connectivity index (χ2v) is 9.36. The van der Waals surface area contributed by atoms with Gasteiger partial charge in [-0.3, -0.25) is 4.90 Å². The minimum atomic E-state index is -0.431. The summed E-state index contributed by atoms with van der Waals surface area (Å²) in [4.78, 5) is 2.11. The monoisotopic (exact) mass is 375 g/mol. The van der Waals surface area contributed by atoms with E-state index in [1.54, 1.807) is 0 Å². The summed E-state index contributed by atoms with van der Waals surface area (Å²) in [5.41, 5.74) is 1.84. The molecule has 152 valence electrons. The lowest BCUT2D eigenvalue weighted by molar-refractivity contribution is -0.0566. The Kier molecular flexibility index (Phi) is 6.62. The zero-order valence-corrected chi connectivity index (χ0v) is 17.2. The summed E-state index contributed by atoms with van der Waals surface area (Å²) >= 11 is 0. The van der Waals surface area contributed by atoms with Crippen LogP contribution in [0.15, 0.2) is 30.3 Å². The van der Waals surface area contributed by atoms with E-state index in [4.69, 9.17) is 4.74 Å². The third kappa shape index (κ3) is 4.40. The Bertz CT molecular complexity index is 591. The molecule has 2 aliphatic carbocycles. The first kappa shape index (κ1) is 20.8. The molecule has 3 rings (SSSR count). The number of hydrogen-bond acceptors (Lipinski definition) is 4. The molecule has 0 aromatic heterocycles. The van der Waals surface area contributed by atoms with Crippen LogP contribution in [0.5, 0.6) is 0 Å². The molecule has 0 saturated heterocycles. The summed E-state index contributed by atoms with van der Waals surface area (Å²) in [5.74, 6) is 0.781. The highest BCUT2D eigenvalue weighted by Crippen LogP contribution is 2.66. The van der Waals surface area contributed by atoms with E-state index in [1.165, 1.54) is 24.8 Å². The Hall–Kier alpha value is -0.940. The van der Waals surface area contributed by atoms with Crippen LogP contribution in [0, 0.1) is 16.7 Å². The second kappa shape index (κ2) is 8.60. The molecule has 0 spiro atoms. The predicted molar refractivity (Wildman–Crippen MR) is 108 cm³/mol. The van der Waals surface area contributed by atoms with Gasteiger partial charge in [0.25, 0.3) is 0 Å². The van der Waals surface area contributed by atoms with E-state index in [-0.39, 0.29) is 12.0 Å². The van der Waals surface area contributed by atoms with E-state index in [0.717, 1.165) is 12.5 Å². The Morgan fingerprint density at radius 3 is 2.56 bits per heavy atom. The minimum absolute atomic E-state index is 0.104. The van der Waals surface area contributed by atoms with E-state index in [1.807, 2.05) is 18.2 Å². The van der Waals surface area contributed by atoms with Gasteiger partial charge in [0.15, 0.2) is 0 Å². The zero-order chi connectivity index (χ0) is 19.5. The number of nitrogens with zero attached hydrogens (tertiary/aromatic N) is 1. The van der Waals surface area contributed by atoms with Crippen LogP contribution in [-0.4, -0.2) is 53.6 Å². The van der Waals surface area contributed by atoms with Gasteiger partial charge in [0, 0.05) is 26.2 Å². The minimum Gasteiger partial charge on any atom is -0.395 e. The molecule has 2 fully saturated rings. The summed E-state index contributed by atoms with van der Waals surface area (Å²) in [6.07, 6.45) is 4.32. The van der Waals surface area contributed by atoms with E-state index < -0.39 is 6.10 Å². The Labute approximate surface area is 164 Å². The number of aliphatic hydroxyl groups excluding tert-OH is 2. The molecule has 2 bridgehead atoms. The number of benzene rings is 1. The van der Waals surface area contributed by atoms with E-state index in [9.17, 15) is 10.2 Å². The van der Waals surface area contributed by atoms with Gasteiger partial charge in [0.1, 0.15) is 0 Å². The third-order valence-electron chi connectivity index (χ3n) is 7.62. The molecule has 2 N–H and O–H groups in total. The zero-order valence-electron chi connectivity index (χ0n) is 17.2. The highest BCUT2D eigenvalue weighted by Gasteiger charge is 2.61. The van der Waals surface area contributed by atoms with Crippen molar-refractivity contribution in [3.8, 4) is 0 Å². The first-order valence-electron chi connectivity index (χ1n) is 10.5. The normalized spacial score (nSPS) is 30.1. The average molecular weight is 376 g/mol. The number of fused-ring (bicyclic) bond motifs is 2. The first-order chi connectivity index (χ1) is 12.9. The molecule has 0 radical (unpaired) electrons.